The molecule has 0 N–H and O–H groups in total. The van der Waals surface area contributed by atoms with E-state index in [9.17, 15) is 0 Å². The second-order valence-corrected chi connectivity index (χ2v) is 4.85. The molecule has 0 radical (unpaired) electrons. The molecule has 0 saturated heterocycles. The summed E-state index contributed by atoms with van der Waals surface area (Å²) in [5.74, 6) is 0.879. The van der Waals surface area contributed by atoms with Gasteiger partial charge >= 0.3 is 0 Å². The quantitative estimate of drug-likeness (QED) is 0.490. The number of hydrogen-bond donors (Lipinski definition) is 0. The van der Waals surface area contributed by atoms with Crippen LogP contribution in [0.15, 0.2) is 42.5 Å². The smallest absolute Gasteiger partial charge is 0.0233 e. The zero-order valence-electron chi connectivity index (χ0n) is 10.1. The molecular formula is C16H22. The monoisotopic (exact) mass is 214 g/mol. The minimum atomic E-state index is 0.879. The maximum Gasteiger partial charge on any atom is -0.0233 e. The lowest BCUT2D eigenvalue weighted by Gasteiger charge is -2.15. The van der Waals surface area contributed by atoms with E-state index in [0.29, 0.717) is 0 Å². The number of unbranched alkanes of at least 4 members (excludes halogenated alkanes) is 1. The minimum absolute atomic E-state index is 0.879. The molecule has 0 nitrogen and oxygen atoms in total. The first-order chi connectivity index (χ1) is 7.95. The number of hydrogen-bond acceptors (Lipinski definition) is 0. The second-order valence-electron chi connectivity index (χ2n) is 4.85. The van der Waals surface area contributed by atoms with E-state index in [4.69, 9.17) is 0 Å². The van der Waals surface area contributed by atoms with Crippen molar-refractivity contribution in [3.05, 3.63) is 48.0 Å². The Labute approximate surface area is 99.4 Å². The third-order valence-electron chi connectivity index (χ3n) is 3.49. The Bertz CT molecular complexity index is 310. The van der Waals surface area contributed by atoms with Gasteiger partial charge in [-0.3, -0.25) is 0 Å². The van der Waals surface area contributed by atoms with Gasteiger partial charge in [-0.2, -0.15) is 0 Å². The molecule has 2 rings (SSSR count). The van der Waals surface area contributed by atoms with Gasteiger partial charge in [0.25, 0.3) is 0 Å². The Morgan fingerprint density at radius 2 is 1.94 bits per heavy atom. The summed E-state index contributed by atoms with van der Waals surface area (Å²) in [4.78, 5) is 0. The molecular weight excluding hydrogens is 192 g/mol. The molecule has 0 saturated carbocycles. The molecule has 0 heteroatoms. The summed E-state index contributed by atoms with van der Waals surface area (Å²) < 4.78 is 0. The Morgan fingerprint density at radius 1 is 1.06 bits per heavy atom. The van der Waals surface area contributed by atoms with Gasteiger partial charge in [-0.15, -0.1) is 0 Å². The van der Waals surface area contributed by atoms with Crippen LogP contribution in [0.2, 0.25) is 0 Å². The molecule has 0 amide bonds. The molecule has 0 heterocycles. The van der Waals surface area contributed by atoms with Crippen LogP contribution in [0.25, 0.3) is 0 Å². The fourth-order valence-corrected chi connectivity index (χ4v) is 2.50. The molecule has 0 spiro atoms. The van der Waals surface area contributed by atoms with Crippen molar-refractivity contribution in [3.8, 4) is 0 Å². The maximum absolute atomic E-state index is 2.44. The van der Waals surface area contributed by atoms with Crippen LogP contribution in [-0.4, -0.2) is 0 Å². The molecule has 1 aliphatic carbocycles. The van der Waals surface area contributed by atoms with E-state index in [1.807, 2.05) is 0 Å². The van der Waals surface area contributed by atoms with Crippen LogP contribution in [0.1, 0.15) is 44.1 Å². The van der Waals surface area contributed by atoms with Gasteiger partial charge in [0.2, 0.25) is 0 Å². The normalized spacial score (nSPS) is 19.9. The number of aryl methyl sites for hydroxylation is 1. The molecule has 86 valence electrons. The summed E-state index contributed by atoms with van der Waals surface area (Å²) in [6, 6.07) is 10.8. The molecule has 0 aromatic heterocycles. The van der Waals surface area contributed by atoms with Crippen LogP contribution >= 0.6 is 0 Å². The van der Waals surface area contributed by atoms with Crippen LogP contribution in [-0.2, 0) is 6.42 Å². The fraction of sp³-hybridized carbons (Fsp3) is 0.500. The maximum atomic E-state index is 2.44. The predicted molar refractivity (Wildman–Crippen MR) is 70.5 cm³/mol. The highest BCUT2D eigenvalue weighted by Crippen LogP contribution is 2.22. The van der Waals surface area contributed by atoms with E-state index in [-0.39, 0.29) is 0 Å². The Hall–Kier alpha value is -1.04. The van der Waals surface area contributed by atoms with Gasteiger partial charge in [0.05, 0.1) is 0 Å². The van der Waals surface area contributed by atoms with Gasteiger partial charge in [-0.1, -0.05) is 48.9 Å². The van der Waals surface area contributed by atoms with Crippen molar-refractivity contribution in [1.29, 1.82) is 0 Å². The number of allylic oxidation sites excluding steroid dienone is 2. The van der Waals surface area contributed by atoms with Crippen molar-refractivity contribution >= 4 is 0 Å². The molecule has 1 aromatic rings. The number of benzene rings is 1. The first kappa shape index (κ1) is 11.4. The van der Waals surface area contributed by atoms with E-state index in [1.54, 1.807) is 0 Å². The van der Waals surface area contributed by atoms with Crippen LogP contribution in [0.4, 0.5) is 0 Å². The summed E-state index contributed by atoms with van der Waals surface area (Å²) in [5.41, 5.74) is 1.49. The fourth-order valence-electron chi connectivity index (χ4n) is 2.50. The summed E-state index contributed by atoms with van der Waals surface area (Å²) >= 11 is 0. The molecule has 1 aliphatic rings. The Morgan fingerprint density at radius 3 is 2.69 bits per heavy atom. The third kappa shape index (κ3) is 3.84. The van der Waals surface area contributed by atoms with Gasteiger partial charge in [-0.25, -0.2) is 0 Å². The van der Waals surface area contributed by atoms with Crippen LogP contribution in [0, 0.1) is 5.92 Å². The SMILES string of the molecule is C1=C[C@H](CCCCc2ccccc2)CCC1. The standard InChI is InChI=1S/C16H22/c1-3-9-15(10-4-1)13-7-8-14-16-11-5-2-6-12-16/h1,3-5,9-11,16H,2,6-8,12-14H2/t16-/m0/s1. The molecule has 0 aliphatic heterocycles. The van der Waals surface area contributed by atoms with Gasteiger partial charge < -0.3 is 0 Å². The van der Waals surface area contributed by atoms with Gasteiger partial charge in [0, 0.05) is 0 Å². The highest BCUT2D eigenvalue weighted by molar-refractivity contribution is 5.14. The van der Waals surface area contributed by atoms with Crippen LogP contribution in [0.5, 0.6) is 0 Å². The summed E-state index contributed by atoms with van der Waals surface area (Å²) in [6.45, 7) is 0. The van der Waals surface area contributed by atoms with Gasteiger partial charge in [-0.05, 0) is 50.0 Å². The third-order valence-corrected chi connectivity index (χ3v) is 3.49. The highest BCUT2D eigenvalue weighted by atomic mass is 14.1. The molecule has 0 fully saturated rings. The zero-order chi connectivity index (χ0) is 11.1. The average Bonchev–Trinajstić information content (AvgIpc) is 2.37. The van der Waals surface area contributed by atoms with Crippen molar-refractivity contribution in [2.24, 2.45) is 5.92 Å². The lowest BCUT2D eigenvalue weighted by Crippen LogP contribution is -2.00. The van der Waals surface area contributed by atoms with Crippen LogP contribution < -0.4 is 0 Å². The molecule has 0 unspecified atom stereocenters. The van der Waals surface area contributed by atoms with E-state index in [2.05, 4.69) is 42.5 Å². The molecule has 1 aromatic carbocycles. The zero-order valence-corrected chi connectivity index (χ0v) is 10.1. The summed E-state index contributed by atoms with van der Waals surface area (Å²) in [7, 11) is 0. The lowest BCUT2D eigenvalue weighted by atomic mass is 9.91. The van der Waals surface area contributed by atoms with Gasteiger partial charge in [0.1, 0.15) is 0 Å². The second kappa shape index (κ2) is 6.52. The van der Waals surface area contributed by atoms with Crippen molar-refractivity contribution in [3.63, 3.8) is 0 Å². The Balaban J connectivity index is 1.61. The number of rotatable bonds is 5. The van der Waals surface area contributed by atoms with E-state index in [0.717, 1.165) is 5.92 Å². The average molecular weight is 214 g/mol. The van der Waals surface area contributed by atoms with Crippen molar-refractivity contribution < 1.29 is 0 Å². The van der Waals surface area contributed by atoms with Crippen molar-refractivity contribution in [2.75, 3.05) is 0 Å². The first-order valence-corrected chi connectivity index (χ1v) is 6.66. The minimum Gasteiger partial charge on any atom is -0.0883 e. The van der Waals surface area contributed by atoms with E-state index >= 15 is 0 Å². The topological polar surface area (TPSA) is 0 Å². The Kier molecular flexibility index (Phi) is 4.67. The lowest BCUT2D eigenvalue weighted by molar-refractivity contribution is 0.480. The van der Waals surface area contributed by atoms with Crippen molar-refractivity contribution in [2.45, 2.75) is 44.9 Å². The molecule has 0 bridgehead atoms. The van der Waals surface area contributed by atoms with Gasteiger partial charge in [0.15, 0.2) is 0 Å². The largest absolute Gasteiger partial charge is 0.0883 e. The van der Waals surface area contributed by atoms with Crippen molar-refractivity contribution in [1.82, 2.24) is 0 Å². The highest BCUT2D eigenvalue weighted by Gasteiger charge is 2.07. The van der Waals surface area contributed by atoms with Crippen LogP contribution in [0.3, 0.4) is 0 Å². The van der Waals surface area contributed by atoms with E-state index in [1.165, 1.54) is 50.5 Å². The first-order valence-electron chi connectivity index (χ1n) is 6.66. The van der Waals surface area contributed by atoms with E-state index < -0.39 is 0 Å². The molecule has 16 heavy (non-hydrogen) atoms. The predicted octanol–water partition coefficient (Wildman–Crippen LogP) is 4.76. The summed E-state index contributed by atoms with van der Waals surface area (Å²) in [5, 5.41) is 0. The summed E-state index contributed by atoms with van der Waals surface area (Å²) in [6.07, 6.45) is 14.3. The molecule has 1 atom stereocenters.